The fraction of sp³-hybridized carbons (Fsp3) is 0.700. The summed E-state index contributed by atoms with van der Waals surface area (Å²) in [7, 11) is 0. The molecule has 0 bridgehead atoms. The van der Waals surface area contributed by atoms with Gasteiger partial charge in [0.1, 0.15) is 0 Å². The molecule has 0 fully saturated rings. The van der Waals surface area contributed by atoms with Crippen LogP contribution < -0.4 is 5.32 Å². The number of rotatable bonds is 7. The van der Waals surface area contributed by atoms with E-state index in [9.17, 15) is 0 Å². The zero-order valence-electron chi connectivity index (χ0n) is 8.94. The Balaban J connectivity index is 2.03. The van der Waals surface area contributed by atoms with Crippen LogP contribution in [0.5, 0.6) is 0 Å². The highest BCUT2D eigenvalue weighted by molar-refractivity contribution is 7.99. The van der Waals surface area contributed by atoms with Crippen LogP contribution in [-0.4, -0.2) is 33.9 Å². The Morgan fingerprint density at radius 1 is 1.57 bits per heavy atom. The van der Waals surface area contributed by atoms with Gasteiger partial charge < -0.3 is 5.32 Å². The average molecular weight is 213 g/mol. The van der Waals surface area contributed by atoms with E-state index in [1.54, 1.807) is 0 Å². The van der Waals surface area contributed by atoms with Gasteiger partial charge in [-0.3, -0.25) is 4.68 Å². The van der Waals surface area contributed by atoms with E-state index in [0.717, 1.165) is 13.1 Å². The van der Waals surface area contributed by atoms with Crippen molar-refractivity contribution >= 4 is 11.8 Å². The van der Waals surface area contributed by atoms with Crippen molar-refractivity contribution in [3.63, 3.8) is 0 Å². The lowest BCUT2D eigenvalue weighted by Gasteiger charge is -2.12. The molecule has 0 radical (unpaired) electrons. The Morgan fingerprint density at radius 3 is 3.07 bits per heavy atom. The summed E-state index contributed by atoms with van der Waals surface area (Å²) in [6.07, 6.45) is 3.81. The molecule has 1 aromatic heterocycles. The number of hydrogen-bond donors (Lipinski definition) is 1. The maximum Gasteiger partial charge on any atom is 0.0534 e. The fourth-order valence-corrected chi connectivity index (χ4v) is 1.92. The maximum absolute atomic E-state index is 4.15. The first-order valence-electron chi connectivity index (χ1n) is 5.11. The number of nitrogens with one attached hydrogen (secondary N) is 1. The second-order valence-corrected chi connectivity index (χ2v) is 4.60. The molecule has 0 aromatic carbocycles. The van der Waals surface area contributed by atoms with Gasteiger partial charge in [0.05, 0.1) is 6.54 Å². The first kappa shape index (κ1) is 11.6. The van der Waals surface area contributed by atoms with E-state index in [2.05, 4.69) is 24.3 Å². The van der Waals surface area contributed by atoms with Crippen molar-refractivity contribution < 1.29 is 0 Å². The minimum Gasteiger partial charge on any atom is -0.312 e. The normalized spacial score (nSPS) is 13.0. The minimum atomic E-state index is 0.593. The van der Waals surface area contributed by atoms with E-state index in [1.165, 1.54) is 11.5 Å². The van der Waals surface area contributed by atoms with Gasteiger partial charge in [-0.05, 0) is 18.7 Å². The van der Waals surface area contributed by atoms with Crippen molar-refractivity contribution in [1.82, 2.24) is 15.1 Å². The molecule has 0 spiro atoms. The van der Waals surface area contributed by atoms with Crippen LogP contribution in [0.1, 0.15) is 13.8 Å². The van der Waals surface area contributed by atoms with E-state index in [0.29, 0.717) is 6.04 Å². The topological polar surface area (TPSA) is 29.9 Å². The SMILES string of the molecule is CCSCC(C)NCCn1cccn1. The van der Waals surface area contributed by atoms with Crippen molar-refractivity contribution in [1.29, 1.82) is 0 Å². The first-order chi connectivity index (χ1) is 6.83. The number of aromatic nitrogens is 2. The van der Waals surface area contributed by atoms with Crippen LogP contribution in [0.15, 0.2) is 18.5 Å². The van der Waals surface area contributed by atoms with Crippen LogP contribution in [0.4, 0.5) is 0 Å². The van der Waals surface area contributed by atoms with E-state index in [-0.39, 0.29) is 0 Å². The molecule has 0 amide bonds. The van der Waals surface area contributed by atoms with Gasteiger partial charge in [-0.2, -0.15) is 16.9 Å². The summed E-state index contributed by atoms with van der Waals surface area (Å²) in [4.78, 5) is 0. The highest BCUT2D eigenvalue weighted by atomic mass is 32.2. The third-order valence-corrected chi connectivity index (χ3v) is 3.11. The molecule has 1 aromatic rings. The summed E-state index contributed by atoms with van der Waals surface area (Å²) in [6, 6.07) is 2.55. The Kier molecular flexibility index (Phi) is 5.71. The molecule has 80 valence electrons. The standard InChI is InChI=1S/C10H19N3S/c1-3-14-9-10(2)11-6-8-13-7-4-5-12-13/h4-5,7,10-11H,3,6,8-9H2,1-2H3. The molecule has 1 heterocycles. The van der Waals surface area contributed by atoms with Crippen molar-refractivity contribution in [3.8, 4) is 0 Å². The monoisotopic (exact) mass is 213 g/mol. The lowest BCUT2D eigenvalue weighted by molar-refractivity contribution is 0.519. The van der Waals surface area contributed by atoms with Crippen molar-refractivity contribution in [3.05, 3.63) is 18.5 Å². The fourth-order valence-electron chi connectivity index (χ4n) is 1.21. The van der Waals surface area contributed by atoms with Gasteiger partial charge in [-0.15, -0.1) is 0 Å². The zero-order chi connectivity index (χ0) is 10.2. The van der Waals surface area contributed by atoms with Gasteiger partial charge in [0.15, 0.2) is 0 Å². The van der Waals surface area contributed by atoms with E-state index in [4.69, 9.17) is 0 Å². The van der Waals surface area contributed by atoms with E-state index in [1.807, 2.05) is 34.9 Å². The van der Waals surface area contributed by atoms with Crippen LogP contribution >= 0.6 is 11.8 Å². The molecule has 0 saturated heterocycles. The van der Waals surface area contributed by atoms with Gasteiger partial charge in [-0.1, -0.05) is 6.92 Å². The molecule has 0 saturated carbocycles. The molecule has 0 aliphatic carbocycles. The molecule has 3 nitrogen and oxygen atoms in total. The summed E-state index contributed by atoms with van der Waals surface area (Å²) in [5, 5.41) is 7.62. The number of thioether (sulfide) groups is 1. The van der Waals surface area contributed by atoms with Gasteiger partial charge in [0.2, 0.25) is 0 Å². The molecule has 1 rings (SSSR count). The molecule has 0 aliphatic rings. The van der Waals surface area contributed by atoms with Crippen molar-refractivity contribution in [2.75, 3.05) is 18.1 Å². The summed E-state index contributed by atoms with van der Waals surface area (Å²) in [5.41, 5.74) is 0. The van der Waals surface area contributed by atoms with E-state index < -0.39 is 0 Å². The smallest absolute Gasteiger partial charge is 0.0534 e. The Bertz CT molecular complexity index is 223. The predicted octanol–water partition coefficient (Wildman–Crippen LogP) is 1.61. The van der Waals surface area contributed by atoms with Crippen LogP contribution in [0.3, 0.4) is 0 Å². The van der Waals surface area contributed by atoms with Crippen LogP contribution in [0.2, 0.25) is 0 Å². The second-order valence-electron chi connectivity index (χ2n) is 3.28. The number of hydrogen-bond acceptors (Lipinski definition) is 3. The molecule has 4 heteroatoms. The Labute approximate surface area is 90.3 Å². The summed E-state index contributed by atoms with van der Waals surface area (Å²) >= 11 is 1.98. The second kappa shape index (κ2) is 6.90. The van der Waals surface area contributed by atoms with Crippen LogP contribution in [0.25, 0.3) is 0 Å². The highest BCUT2D eigenvalue weighted by Gasteiger charge is 1.99. The summed E-state index contributed by atoms with van der Waals surface area (Å²) in [5.74, 6) is 2.39. The zero-order valence-corrected chi connectivity index (χ0v) is 9.76. The predicted molar refractivity (Wildman–Crippen MR) is 62.7 cm³/mol. The third-order valence-electron chi connectivity index (χ3n) is 1.96. The van der Waals surface area contributed by atoms with E-state index >= 15 is 0 Å². The molecule has 1 unspecified atom stereocenters. The molecule has 1 atom stereocenters. The average Bonchev–Trinajstić information content (AvgIpc) is 2.67. The minimum absolute atomic E-state index is 0.593. The Hall–Kier alpha value is -0.480. The van der Waals surface area contributed by atoms with Crippen LogP contribution in [0, 0.1) is 0 Å². The third kappa shape index (κ3) is 4.67. The summed E-state index contributed by atoms with van der Waals surface area (Å²) < 4.78 is 1.95. The van der Waals surface area contributed by atoms with Gasteiger partial charge >= 0.3 is 0 Å². The van der Waals surface area contributed by atoms with Gasteiger partial charge in [0, 0.05) is 30.7 Å². The highest BCUT2D eigenvalue weighted by Crippen LogP contribution is 2.00. The molecule has 0 aliphatic heterocycles. The van der Waals surface area contributed by atoms with Crippen LogP contribution in [-0.2, 0) is 6.54 Å². The lowest BCUT2D eigenvalue weighted by atomic mass is 10.4. The summed E-state index contributed by atoms with van der Waals surface area (Å²) in [6.45, 7) is 6.37. The lowest BCUT2D eigenvalue weighted by Crippen LogP contribution is -2.31. The quantitative estimate of drug-likeness (QED) is 0.746. The molecular weight excluding hydrogens is 194 g/mol. The molecular formula is C10H19N3S. The largest absolute Gasteiger partial charge is 0.312 e. The van der Waals surface area contributed by atoms with Gasteiger partial charge in [-0.25, -0.2) is 0 Å². The van der Waals surface area contributed by atoms with Crippen molar-refractivity contribution in [2.45, 2.75) is 26.4 Å². The Morgan fingerprint density at radius 2 is 2.43 bits per heavy atom. The molecule has 1 N–H and O–H groups in total. The van der Waals surface area contributed by atoms with Crippen molar-refractivity contribution in [2.24, 2.45) is 0 Å². The molecule has 14 heavy (non-hydrogen) atoms. The first-order valence-corrected chi connectivity index (χ1v) is 6.27. The van der Waals surface area contributed by atoms with Gasteiger partial charge in [0.25, 0.3) is 0 Å². The maximum atomic E-state index is 4.15. The number of nitrogens with zero attached hydrogens (tertiary/aromatic N) is 2.